The van der Waals surface area contributed by atoms with Gasteiger partial charge in [0.05, 0.1) is 0 Å². The number of amides is 1. The van der Waals surface area contributed by atoms with Crippen LogP contribution in [0.15, 0.2) is 110 Å². The van der Waals surface area contributed by atoms with Gasteiger partial charge in [-0.05, 0) is 82.1 Å². The average Bonchev–Trinajstić information content (AvgIpc) is 3.09. The number of anilines is 1. The first-order valence-corrected chi connectivity index (χ1v) is 16.2. The molecule has 1 amide bonds. The summed E-state index contributed by atoms with van der Waals surface area (Å²) in [5.41, 5.74) is 3.22. The molecule has 0 aliphatic heterocycles. The molecule has 0 aliphatic carbocycles. The average molecular weight is 667 g/mol. The summed E-state index contributed by atoms with van der Waals surface area (Å²) < 4.78 is 29.4. The first-order valence-electron chi connectivity index (χ1n) is 16.2. The van der Waals surface area contributed by atoms with Crippen LogP contribution in [-0.2, 0) is 27.2 Å². The van der Waals surface area contributed by atoms with E-state index < -0.39 is 23.9 Å². The van der Waals surface area contributed by atoms with Crippen LogP contribution < -0.4 is 10.6 Å². The zero-order valence-corrected chi connectivity index (χ0v) is 30.0. The van der Waals surface area contributed by atoms with E-state index in [0.717, 1.165) is 24.6 Å². The largest absolute Gasteiger partial charge is 0.454 e. The van der Waals surface area contributed by atoms with E-state index in [9.17, 15) is 23.2 Å². The Bertz CT molecular complexity index is 1310. The Morgan fingerprint density at radius 3 is 2.08 bits per heavy atom. The fourth-order valence-corrected chi connectivity index (χ4v) is 3.56. The second-order valence-corrected chi connectivity index (χ2v) is 10.2. The maximum atomic E-state index is 12.7. The number of hydrogen-bond acceptors (Lipinski definition) is 5. The zero-order chi connectivity index (χ0) is 37.0. The van der Waals surface area contributed by atoms with Crippen molar-refractivity contribution in [3.05, 3.63) is 126 Å². The van der Waals surface area contributed by atoms with E-state index in [-0.39, 0.29) is 17.9 Å². The van der Waals surface area contributed by atoms with Crippen LogP contribution in [0.25, 0.3) is 0 Å². The molecule has 2 atom stereocenters. The molecule has 0 bridgehead atoms. The summed E-state index contributed by atoms with van der Waals surface area (Å²) in [5.74, 6) is -3.67. The van der Waals surface area contributed by atoms with Gasteiger partial charge < -0.3 is 15.4 Å². The molecule has 6 nitrogen and oxygen atoms in total. The normalized spacial score (nSPS) is 12.2. The summed E-state index contributed by atoms with van der Waals surface area (Å²) in [6, 6.07) is 14.7. The predicted molar refractivity (Wildman–Crippen MR) is 198 cm³/mol. The minimum Gasteiger partial charge on any atom is -0.454 e. The molecule has 8 heteroatoms. The standard InChI is InChI=1S/C29H31NO4.C6H10F2.C3H9N.C2H6/c1-4-7-8-12-23(6-3)27(21-31)34-28(32)20-17-22-15-18-25(19-16-22)30-29(33)26-14-10-9-13-24(26)11-5-2;1-4-5(2)6(3,7)8;1-3-4-2;1-2/h4-10,12-16,18-19,21,23,27H,2-3,11,17,20H2,1H3,(H,30,33);4H,1-3H3;4H,3H2,1-2H3;1-2H3/b7-4-,12-8?;5-4+;;. The van der Waals surface area contributed by atoms with Crippen molar-refractivity contribution in [3.8, 4) is 0 Å². The highest BCUT2D eigenvalue weighted by atomic mass is 19.3. The van der Waals surface area contributed by atoms with Gasteiger partial charge in [-0.15, -0.1) is 13.2 Å². The minimum absolute atomic E-state index is 0.123. The van der Waals surface area contributed by atoms with Gasteiger partial charge in [0.2, 0.25) is 0 Å². The fraction of sp³-hybridized carbons (Fsp3) is 0.375. The topological polar surface area (TPSA) is 84.5 Å². The van der Waals surface area contributed by atoms with Gasteiger partial charge in [-0.2, -0.15) is 0 Å². The second kappa shape index (κ2) is 27.7. The third-order valence-corrected chi connectivity index (χ3v) is 6.62. The lowest BCUT2D eigenvalue weighted by atomic mass is 10.0. The molecule has 2 N–H and O–H groups in total. The van der Waals surface area contributed by atoms with E-state index in [1.807, 2.05) is 70.3 Å². The van der Waals surface area contributed by atoms with Gasteiger partial charge in [0.25, 0.3) is 11.8 Å². The van der Waals surface area contributed by atoms with E-state index in [0.29, 0.717) is 30.4 Å². The summed E-state index contributed by atoms with van der Waals surface area (Å²) in [7, 11) is 1.93. The smallest absolute Gasteiger partial charge is 0.306 e. The lowest BCUT2D eigenvalue weighted by Gasteiger charge is -2.17. The SMILES string of the molecule is C/C=C(\C)C(C)(F)F.C=CCc1ccccc1C(=O)Nc1ccc(CCC(=O)OC(C=O)C(C=C)C=C/C=C\C)cc1.CC.CCNC. The van der Waals surface area contributed by atoms with Gasteiger partial charge in [0.15, 0.2) is 12.4 Å². The lowest BCUT2D eigenvalue weighted by Crippen LogP contribution is -2.26. The van der Waals surface area contributed by atoms with E-state index in [1.165, 1.54) is 13.0 Å². The quantitative estimate of drug-likeness (QED) is 0.0856. The van der Waals surface area contributed by atoms with Crippen molar-refractivity contribution < 1.29 is 27.9 Å². The highest BCUT2D eigenvalue weighted by Gasteiger charge is 2.22. The van der Waals surface area contributed by atoms with Crippen LogP contribution in [0.3, 0.4) is 0 Å². The number of halogens is 2. The van der Waals surface area contributed by atoms with Crippen LogP contribution in [0.2, 0.25) is 0 Å². The summed E-state index contributed by atoms with van der Waals surface area (Å²) in [6.07, 6.45) is 12.9. The third-order valence-electron chi connectivity index (χ3n) is 6.62. The van der Waals surface area contributed by atoms with Gasteiger partial charge in [-0.3, -0.25) is 14.4 Å². The Kier molecular flexibility index (Phi) is 26.3. The summed E-state index contributed by atoms with van der Waals surface area (Å²) in [4.78, 5) is 36.3. The van der Waals surface area contributed by atoms with Crippen LogP contribution in [0.4, 0.5) is 14.5 Å². The molecule has 2 rings (SSSR count). The van der Waals surface area contributed by atoms with E-state index >= 15 is 0 Å². The van der Waals surface area contributed by atoms with Crippen molar-refractivity contribution >= 4 is 23.9 Å². The molecule has 0 saturated heterocycles. The van der Waals surface area contributed by atoms with E-state index in [1.54, 1.807) is 49.4 Å². The number of rotatable bonds is 15. The molecule has 0 aromatic heterocycles. The zero-order valence-electron chi connectivity index (χ0n) is 30.0. The maximum Gasteiger partial charge on any atom is 0.306 e. The van der Waals surface area contributed by atoms with Crippen LogP contribution in [0.5, 0.6) is 0 Å². The van der Waals surface area contributed by atoms with Gasteiger partial charge >= 0.3 is 5.97 Å². The lowest BCUT2D eigenvalue weighted by molar-refractivity contribution is -0.152. The predicted octanol–water partition coefficient (Wildman–Crippen LogP) is 9.50. The summed E-state index contributed by atoms with van der Waals surface area (Å²) in [6.45, 7) is 20.4. The Morgan fingerprint density at radius 1 is 1.02 bits per heavy atom. The molecule has 48 heavy (non-hydrogen) atoms. The van der Waals surface area contributed by atoms with Gasteiger partial charge in [0, 0.05) is 30.5 Å². The number of alkyl halides is 2. The highest BCUT2D eigenvalue weighted by molar-refractivity contribution is 6.05. The van der Waals surface area contributed by atoms with Gasteiger partial charge in [-0.25, -0.2) is 8.78 Å². The number of allylic oxidation sites excluding steroid dienone is 6. The number of carbonyl (C=O) groups excluding carboxylic acids is 3. The van der Waals surface area contributed by atoms with Crippen molar-refractivity contribution in [3.63, 3.8) is 0 Å². The van der Waals surface area contributed by atoms with Crippen molar-refractivity contribution in [1.82, 2.24) is 5.32 Å². The Balaban J connectivity index is 0. The molecule has 0 saturated carbocycles. The van der Waals surface area contributed by atoms with Crippen molar-refractivity contribution in [2.75, 3.05) is 18.9 Å². The molecule has 2 aromatic carbocycles. The van der Waals surface area contributed by atoms with E-state index in [4.69, 9.17) is 4.74 Å². The Hall–Kier alpha value is -4.43. The summed E-state index contributed by atoms with van der Waals surface area (Å²) in [5, 5.41) is 5.83. The number of aldehydes is 1. The van der Waals surface area contributed by atoms with E-state index in [2.05, 4.69) is 30.7 Å². The fourth-order valence-electron chi connectivity index (χ4n) is 3.56. The number of ether oxygens (including phenoxy) is 1. The molecule has 0 heterocycles. The van der Waals surface area contributed by atoms with Crippen LogP contribution in [-0.4, -0.2) is 43.8 Å². The molecule has 0 fully saturated rings. The monoisotopic (exact) mass is 666 g/mol. The Labute approximate surface area is 287 Å². The van der Waals surface area contributed by atoms with Crippen molar-refractivity contribution in [2.24, 2.45) is 5.92 Å². The highest BCUT2D eigenvalue weighted by Crippen LogP contribution is 2.21. The molecular formula is C40H56F2N2O4. The molecule has 264 valence electrons. The number of aryl methyl sites for hydroxylation is 1. The van der Waals surface area contributed by atoms with Gasteiger partial charge in [0.1, 0.15) is 0 Å². The third kappa shape index (κ3) is 19.9. The van der Waals surface area contributed by atoms with Gasteiger partial charge in [-0.1, -0.05) is 93.6 Å². The molecule has 0 radical (unpaired) electrons. The first-order chi connectivity index (χ1) is 22.9. The number of carbonyl (C=O) groups is 3. The number of benzene rings is 2. The van der Waals surface area contributed by atoms with Crippen LogP contribution in [0, 0.1) is 5.92 Å². The van der Waals surface area contributed by atoms with Crippen LogP contribution in [0.1, 0.15) is 76.4 Å². The maximum absolute atomic E-state index is 12.7. The number of hydrogen-bond donors (Lipinski definition) is 2. The van der Waals surface area contributed by atoms with Crippen molar-refractivity contribution in [1.29, 1.82) is 0 Å². The molecular weight excluding hydrogens is 610 g/mol. The second-order valence-electron chi connectivity index (χ2n) is 10.2. The summed E-state index contributed by atoms with van der Waals surface area (Å²) >= 11 is 0. The number of nitrogens with one attached hydrogen (secondary N) is 2. The molecule has 2 aromatic rings. The minimum atomic E-state index is -2.63. The molecule has 0 spiro atoms. The number of esters is 1. The first kappa shape index (κ1) is 45.7. The molecule has 0 aliphatic rings. The van der Waals surface area contributed by atoms with Crippen molar-refractivity contribution in [2.45, 2.75) is 79.8 Å². The van der Waals surface area contributed by atoms with Crippen LogP contribution >= 0.6 is 0 Å². The molecule has 2 unspecified atom stereocenters. The Morgan fingerprint density at radius 2 is 1.62 bits per heavy atom.